The molecule has 0 saturated carbocycles. The standard InChI is InChI=1S/C8H8ClNO2S/c1-2-13(11,12)10-8-5-3-7(9)4-6-8/h2-6,10H,1H2. The first-order valence-corrected chi connectivity index (χ1v) is 5.37. The summed E-state index contributed by atoms with van der Waals surface area (Å²) in [7, 11) is -3.41. The normalized spacial score (nSPS) is 10.8. The molecule has 0 aliphatic carbocycles. The summed E-state index contributed by atoms with van der Waals surface area (Å²) in [5, 5.41) is 1.41. The number of hydrogen-bond acceptors (Lipinski definition) is 2. The smallest absolute Gasteiger partial charge is 0.254 e. The van der Waals surface area contributed by atoms with Gasteiger partial charge in [-0.3, -0.25) is 4.72 Å². The van der Waals surface area contributed by atoms with Gasteiger partial charge in [0.15, 0.2) is 0 Å². The van der Waals surface area contributed by atoms with Crippen LogP contribution in [-0.2, 0) is 10.0 Å². The summed E-state index contributed by atoms with van der Waals surface area (Å²) < 4.78 is 24.3. The monoisotopic (exact) mass is 217 g/mol. The molecule has 0 aromatic heterocycles. The molecule has 1 N–H and O–H groups in total. The summed E-state index contributed by atoms with van der Waals surface area (Å²) in [5.74, 6) is 0. The van der Waals surface area contributed by atoms with Crippen molar-refractivity contribution in [3.63, 3.8) is 0 Å². The lowest BCUT2D eigenvalue weighted by molar-refractivity contribution is 0.609. The maximum Gasteiger partial charge on any atom is 0.254 e. The van der Waals surface area contributed by atoms with Gasteiger partial charge in [0, 0.05) is 16.1 Å². The predicted octanol–water partition coefficient (Wildman–Crippen LogP) is 2.23. The van der Waals surface area contributed by atoms with Crippen molar-refractivity contribution < 1.29 is 8.42 Å². The zero-order valence-corrected chi connectivity index (χ0v) is 8.27. The van der Waals surface area contributed by atoms with Gasteiger partial charge in [-0.05, 0) is 24.3 Å². The Hall–Kier alpha value is -1.00. The average molecular weight is 218 g/mol. The first-order chi connectivity index (χ1) is 6.03. The van der Waals surface area contributed by atoms with E-state index in [9.17, 15) is 8.42 Å². The minimum Gasteiger partial charge on any atom is -0.280 e. The van der Waals surface area contributed by atoms with Gasteiger partial charge in [0.05, 0.1) is 0 Å². The molecular weight excluding hydrogens is 210 g/mol. The minimum absolute atomic E-state index is 0.462. The van der Waals surface area contributed by atoms with Crippen LogP contribution in [0.25, 0.3) is 0 Å². The quantitative estimate of drug-likeness (QED) is 0.844. The Balaban J connectivity index is 2.88. The van der Waals surface area contributed by atoms with Crippen LogP contribution in [-0.4, -0.2) is 8.42 Å². The molecule has 0 saturated heterocycles. The Bertz CT molecular complexity index is 397. The molecule has 1 aromatic rings. The summed E-state index contributed by atoms with van der Waals surface area (Å²) in [6, 6.07) is 6.35. The van der Waals surface area contributed by atoms with E-state index < -0.39 is 10.0 Å². The van der Waals surface area contributed by atoms with Crippen molar-refractivity contribution in [3.05, 3.63) is 41.3 Å². The van der Waals surface area contributed by atoms with Crippen molar-refractivity contribution in [1.29, 1.82) is 0 Å². The molecule has 0 aliphatic rings. The number of rotatable bonds is 3. The first kappa shape index (κ1) is 10.1. The third kappa shape index (κ3) is 3.08. The van der Waals surface area contributed by atoms with E-state index in [-0.39, 0.29) is 0 Å². The molecule has 1 rings (SSSR count). The maximum absolute atomic E-state index is 11.0. The van der Waals surface area contributed by atoms with E-state index >= 15 is 0 Å². The fourth-order valence-electron chi connectivity index (χ4n) is 0.724. The van der Waals surface area contributed by atoms with Crippen molar-refractivity contribution in [2.45, 2.75) is 0 Å². The SMILES string of the molecule is C=CS(=O)(=O)Nc1ccc(Cl)cc1. The lowest BCUT2D eigenvalue weighted by atomic mass is 10.3. The Kier molecular flexibility index (Phi) is 2.95. The van der Waals surface area contributed by atoms with E-state index in [0.29, 0.717) is 10.7 Å². The molecule has 0 bridgehead atoms. The highest BCUT2D eigenvalue weighted by Gasteiger charge is 2.02. The molecule has 0 aliphatic heterocycles. The zero-order valence-electron chi connectivity index (χ0n) is 6.70. The van der Waals surface area contributed by atoms with Gasteiger partial charge in [-0.25, -0.2) is 8.42 Å². The number of hydrogen-bond donors (Lipinski definition) is 1. The number of anilines is 1. The lowest BCUT2D eigenvalue weighted by Gasteiger charge is -2.02. The van der Waals surface area contributed by atoms with Crippen LogP contribution < -0.4 is 4.72 Å². The second-order valence-electron chi connectivity index (χ2n) is 2.32. The third-order valence-electron chi connectivity index (χ3n) is 1.32. The second kappa shape index (κ2) is 3.81. The van der Waals surface area contributed by atoms with Crippen molar-refractivity contribution >= 4 is 27.3 Å². The Labute approximate surface area is 82.1 Å². The number of nitrogens with one attached hydrogen (secondary N) is 1. The molecule has 13 heavy (non-hydrogen) atoms. The highest BCUT2D eigenvalue weighted by molar-refractivity contribution is 7.95. The summed E-state index contributed by atoms with van der Waals surface area (Å²) in [5.41, 5.74) is 0.462. The molecule has 0 heterocycles. The molecule has 0 radical (unpaired) electrons. The fourth-order valence-corrected chi connectivity index (χ4v) is 1.40. The maximum atomic E-state index is 11.0. The average Bonchev–Trinajstić information content (AvgIpc) is 2.09. The molecule has 0 amide bonds. The molecule has 5 heteroatoms. The van der Waals surface area contributed by atoms with Crippen LogP contribution in [0.1, 0.15) is 0 Å². The van der Waals surface area contributed by atoms with Crippen LogP contribution in [0.4, 0.5) is 5.69 Å². The van der Waals surface area contributed by atoms with Crippen molar-refractivity contribution in [3.8, 4) is 0 Å². The molecule has 0 fully saturated rings. The number of benzene rings is 1. The topological polar surface area (TPSA) is 46.2 Å². The minimum atomic E-state index is -3.41. The number of sulfonamides is 1. The van der Waals surface area contributed by atoms with Gasteiger partial charge in [-0.15, -0.1) is 0 Å². The van der Waals surface area contributed by atoms with Crippen LogP contribution in [0, 0.1) is 0 Å². The van der Waals surface area contributed by atoms with Crippen LogP contribution in [0.3, 0.4) is 0 Å². The van der Waals surface area contributed by atoms with Gasteiger partial charge in [0.2, 0.25) is 0 Å². The predicted molar refractivity (Wildman–Crippen MR) is 54.2 cm³/mol. The van der Waals surface area contributed by atoms with E-state index in [1.807, 2.05) is 0 Å². The van der Waals surface area contributed by atoms with E-state index in [0.717, 1.165) is 5.41 Å². The van der Waals surface area contributed by atoms with Crippen molar-refractivity contribution in [2.75, 3.05) is 4.72 Å². The summed E-state index contributed by atoms with van der Waals surface area (Å²) in [6.45, 7) is 3.17. The molecule has 0 spiro atoms. The van der Waals surface area contributed by atoms with Gasteiger partial charge in [-0.2, -0.15) is 0 Å². The highest BCUT2D eigenvalue weighted by Crippen LogP contribution is 2.14. The Morgan fingerprint density at radius 2 is 1.85 bits per heavy atom. The molecule has 0 atom stereocenters. The van der Waals surface area contributed by atoms with Crippen molar-refractivity contribution in [2.24, 2.45) is 0 Å². The molecular formula is C8H8ClNO2S. The molecule has 70 valence electrons. The zero-order chi connectivity index (χ0) is 9.90. The van der Waals surface area contributed by atoms with E-state index in [1.54, 1.807) is 24.3 Å². The number of halogens is 1. The first-order valence-electron chi connectivity index (χ1n) is 3.44. The van der Waals surface area contributed by atoms with E-state index in [2.05, 4.69) is 11.3 Å². The summed E-state index contributed by atoms with van der Waals surface area (Å²) in [6.07, 6.45) is 0. The summed E-state index contributed by atoms with van der Waals surface area (Å²) >= 11 is 5.62. The molecule has 0 unspecified atom stereocenters. The summed E-state index contributed by atoms with van der Waals surface area (Å²) in [4.78, 5) is 0. The highest BCUT2D eigenvalue weighted by atomic mass is 35.5. The Morgan fingerprint density at radius 1 is 1.31 bits per heavy atom. The molecule has 3 nitrogen and oxygen atoms in total. The van der Waals surface area contributed by atoms with Gasteiger partial charge in [0.25, 0.3) is 10.0 Å². The third-order valence-corrected chi connectivity index (χ3v) is 2.53. The van der Waals surface area contributed by atoms with Crippen LogP contribution >= 0.6 is 11.6 Å². The van der Waals surface area contributed by atoms with E-state index in [1.165, 1.54) is 0 Å². The second-order valence-corrected chi connectivity index (χ2v) is 4.38. The van der Waals surface area contributed by atoms with Crippen LogP contribution in [0.2, 0.25) is 5.02 Å². The van der Waals surface area contributed by atoms with Gasteiger partial charge >= 0.3 is 0 Å². The largest absolute Gasteiger partial charge is 0.280 e. The lowest BCUT2D eigenvalue weighted by Crippen LogP contribution is -2.07. The van der Waals surface area contributed by atoms with Crippen LogP contribution in [0.15, 0.2) is 36.3 Å². The van der Waals surface area contributed by atoms with Crippen molar-refractivity contribution in [1.82, 2.24) is 0 Å². The molecule has 1 aromatic carbocycles. The van der Waals surface area contributed by atoms with Gasteiger partial charge in [-0.1, -0.05) is 18.2 Å². The van der Waals surface area contributed by atoms with Crippen LogP contribution in [0.5, 0.6) is 0 Å². The van der Waals surface area contributed by atoms with Gasteiger partial charge in [0.1, 0.15) is 0 Å². The Morgan fingerprint density at radius 3 is 2.31 bits per heavy atom. The van der Waals surface area contributed by atoms with E-state index in [4.69, 9.17) is 11.6 Å². The fraction of sp³-hybridized carbons (Fsp3) is 0. The van der Waals surface area contributed by atoms with Gasteiger partial charge < -0.3 is 0 Å².